The van der Waals surface area contributed by atoms with Crippen molar-refractivity contribution in [1.29, 1.82) is 0 Å². The van der Waals surface area contributed by atoms with Crippen LogP contribution in [0.2, 0.25) is 0 Å². The minimum absolute atomic E-state index is 0.229. The fourth-order valence-electron chi connectivity index (χ4n) is 2.33. The lowest BCUT2D eigenvalue weighted by Crippen LogP contribution is -2.41. The van der Waals surface area contributed by atoms with Gasteiger partial charge < -0.3 is 9.31 Å². The van der Waals surface area contributed by atoms with E-state index in [2.05, 4.69) is 4.98 Å². The van der Waals surface area contributed by atoms with Gasteiger partial charge in [0.1, 0.15) is 11.3 Å². The van der Waals surface area contributed by atoms with Crippen LogP contribution >= 0.6 is 0 Å². The van der Waals surface area contributed by atoms with E-state index in [0.717, 1.165) is 10.6 Å². The van der Waals surface area contributed by atoms with E-state index in [0.29, 0.717) is 5.46 Å². The van der Waals surface area contributed by atoms with Gasteiger partial charge in [0.2, 0.25) is 0 Å². The molecule has 1 fully saturated rings. The van der Waals surface area contributed by atoms with Crippen molar-refractivity contribution in [3.05, 3.63) is 30.2 Å². The van der Waals surface area contributed by atoms with Gasteiger partial charge in [-0.15, -0.1) is 0 Å². The second-order valence-corrected chi connectivity index (χ2v) is 6.42. The molecule has 3 rings (SSSR count). The maximum Gasteiger partial charge on any atom is 0.496 e. The van der Waals surface area contributed by atoms with E-state index >= 15 is 0 Å². The Morgan fingerprint density at radius 3 is 2.23 bits per heavy atom. The van der Waals surface area contributed by atoms with Crippen molar-refractivity contribution in [2.24, 2.45) is 0 Å². The second kappa shape index (κ2) is 4.49. The maximum absolute atomic E-state index is 13.0. The normalized spacial score (nSPS) is 20.8. The third-order valence-electron chi connectivity index (χ3n) is 4.34. The fraction of sp³-hybridized carbons (Fsp3) is 0.500. The van der Waals surface area contributed by atoms with Crippen molar-refractivity contribution in [2.45, 2.75) is 45.1 Å². The van der Waals surface area contributed by atoms with Gasteiger partial charge in [-0.25, -0.2) is 4.98 Å². The molecule has 1 saturated heterocycles. The predicted molar refractivity (Wildman–Crippen MR) is 75.9 cm³/mol. The molecule has 1 aliphatic rings. The quantitative estimate of drug-likeness (QED) is 0.760. The molecule has 0 bridgehead atoms. The number of fused-ring (bicyclic) bond motifs is 1. The molecule has 2 aromatic heterocycles. The molecule has 22 heavy (non-hydrogen) atoms. The highest BCUT2D eigenvalue weighted by atomic mass is 19.4. The van der Waals surface area contributed by atoms with E-state index in [4.69, 9.17) is 9.31 Å². The second-order valence-electron chi connectivity index (χ2n) is 6.42. The average Bonchev–Trinajstić information content (AvgIpc) is 2.87. The Kier molecular flexibility index (Phi) is 3.13. The molecule has 0 N–H and O–H groups in total. The number of rotatable bonds is 1. The molecule has 4 nitrogen and oxygen atoms in total. The van der Waals surface area contributed by atoms with Crippen LogP contribution in [0.4, 0.5) is 13.2 Å². The van der Waals surface area contributed by atoms with Gasteiger partial charge >= 0.3 is 13.3 Å². The number of hydrogen-bond donors (Lipinski definition) is 0. The molecule has 8 heteroatoms. The van der Waals surface area contributed by atoms with Crippen LogP contribution in [-0.2, 0) is 15.5 Å². The molecule has 0 saturated carbocycles. The van der Waals surface area contributed by atoms with Crippen LogP contribution in [0.5, 0.6) is 0 Å². The summed E-state index contributed by atoms with van der Waals surface area (Å²) < 4.78 is 51.7. The minimum atomic E-state index is -4.46. The first-order chi connectivity index (χ1) is 10.0. The Hall–Kier alpha value is -1.54. The average molecular weight is 312 g/mol. The molecule has 0 radical (unpaired) electrons. The Morgan fingerprint density at radius 1 is 1.09 bits per heavy atom. The Morgan fingerprint density at radius 2 is 1.68 bits per heavy atom. The highest BCUT2D eigenvalue weighted by molar-refractivity contribution is 6.62. The third kappa shape index (κ3) is 2.30. The van der Waals surface area contributed by atoms with Gasteiger partial charge in [0.15, 0.2) is 0 Å². The molecule has 2 aromatic rings. The zero-order valence-corrected chi connectivity index (χ0v) is 12.7. The highest BCUT2D eigenvalue weighted by Crippen LogP contribution is 2.36. The molecule has 0 unspecified atom stereocenters. The smallest absolute Gasteiger partial charge is 0.399 e. The lowest BCUT2D eigenvalue weighted by molar-refractivity contribution is -0.141. The van der Waals surface area contributed by atoms with E-state index in [1.54, 1.807) is 6.07 Å². The Bertz CT molecular complexity index is 708. The first kappa shape index (κ1) is 15.4. The molecule has 0 amide bonds. The zero-order valence-electron chi connectivity index (χ0n) is 12.7. The molecule has 1 aliphatic heterocycles. The topological polar surface area (TPSA) is 35.8 Å². The van der Waals surface area contributed by atoms with Crippen LogP contribution in [0.3, 0.4) is 0 Å². The highest BCUT2D eigenvalue weighted by Gasteiger charge is 2.51. The van der Waals surface area contributed by atoms with E-state index in [-0.39, 0.29) is 5.65 Å². The summed E-state index contributed by atoms with van der Waals surface area (Å²) in [6.45, 7) is 7.57. The molecule has 0 spiro atoms. The van der Waals surface area contributed by atoms with Crippen LogP contribution in [0.25, 0.3) is 5.65 Å². The molecule has 3 heterocycles. The van der Waals surface area contributed by atoms with Crippen molar-refractivity contribution < 1.29 is 22.5 Å². The van der Waals surface area contributed by atoms with Gasteiger partial charge in [0.25, 0.3) is 0 Å². The number of alkyl halides is 3. The summed E-state index contributed by atoms with van der Waals surface area (Å²) in [6.07, 6.45) is -2.27. The minimum Gasteiger partial charge on any atom is -0.399 e. The molecule has 0 aliphatic carbocycles. The first-order valence-electron chi connectivity index (χ1n) is 6.91. The van der Waals surface area contributed by atoms with Gasteiger partial charge in [-0.05, 0) is 39.2 Å². The largest absolute Gasteiger partial charge is 0.496 e. The van der Waals surface area contributed by atoms with Crippen molar-refractivity contribution in [1.82, 2.24) is 9.38 Å². The predicted octanol–water partition coefficient (Wildman–Crippen LogP) is 2.65. The van der Waals surface area contributed by atoms with E-state index in [1.165, 1.54) is 12.3 Å². The van der Waals surface area contributed by atoms with Crippen LogP contribution in [0.15, 0.2) is 24.5 Å². The Balaban J connectivity index is 2.03. The maximum atomic E-state index is 13.0. The van der Waals surface area contributed by atoms with Crippen molar-refractivity contribution in [3.63, 3.8) is 0 Å². The van der Waals surface area contributed by atoms with E-state index in [1.807, 2.05) is 27.7 Å². The summed E-state index contributed by atoms with van der Waals surface area (Å²) in [5.41, 5.74) is -1.16. The summed E-state index contributed by atoms with van der Waals surface area (Å²) in [5, 5.41) is 0. The van der Waals surface area contributed by atoms with Crippen molar-refractivity contribution in [2.75, 3.05) is 0 Å². The number of aromatic nitrogens is 2. The van der Waals surface area contributed by atoms with Crippen LogP contribution in [0, 0.1) is 0 Å². The lowest BCUT2D eigenvalue weighted by atomic mass is 9.80. The van der Waals surface area contributed by atoms with Gasteiger partial charge in [0.05, 0.1) is 17.4 Å². The monoisotopic (exact) mass is 312 g/mol. The number of pyridine rings is 1. The number of halogens is 3. The van der Waals surface area contributed by atoms with Crippen molar-refractivity contribution >= 4 is 18.2 Å². The fourth-order valence-corrected chi connectivity index (χ4v) is 2.33. The van der Waals surface area contributed by atoms with Crippen LogP contribution < -0.4 is 5.46 Å². The Labute approximate surface area is 126 Å². The molecular formula is C14H16BF3N2O2. The van der Waals surface area contributed by atoms with Gasteiger partial charge in [-0.1, -0.05) is 6.07 Å². The van der Waals surface area contributed by atoms with E-state index in [9.17, 15) is 13.2 Å². The number of nitrogens with zero attached hydrogens (tertiary/aromatic N) is 2. The zero-order chi connectivity index (χ0) is 16.3. The third-order valence-corrected chi connectivity index (χ3v) is 4.34. The number of hydrogen-bond acceptors (Lipinski definition) is 3. The van der Waals surface area contributed by atoms with Gasteiger partial charge in [-0.2, -0.15) is 13.2 Å². The summed E-state index contributed by atoms with van der Waals surface area (Å²) in [7, 11) is -0.710. The van der Waals surface area contributed by atoms with E-state index < -0.39 is 30.2 Å². The molecule has 118 valence electrons. The number of imidazole rings is 1. The molecule has 0 aromatic carbocycles. The lowest BCUT2D eigenvalue weighted by Gasteiger charge is -2.32. The standard InChI is InChI=1S/C14H16BF3N2O2/c1-12(2)13(3,4)22-15(21-12)9-5-6-11-19-7-10(14(16,17)18)20(11)8-9/h5-8H,1-4H3. The molecule has 0 atom stereocenters. The summed E-state index contributed by atoms with van der Waals surface area (Å²) in [6, 6.07) is 3.19. The molecular weight excluding hydrogens is 296 g/mol. The SMILES string of the molecule is CC1(C)OB(c2ccc3ncc(C(F)(F)F)n3c2)OC1(C)C. The van der Waals surface area contributed by atoms with Gasteiger partial charge in [0, 0.05) is 6.20 Å². The van der Waals surface area contributed by atoms with Gasteiger partial charge in [-0.3, -0.25) is 4.40 Å². The van der Waals surface area contributed by atoms with Crippen LogP contribution in [0.1, 0.15) is 33.4 Å². The summed E-state index contributed by atoms with van der Waals surface area (Å²) >= 11 is 0. The van der Waals surface area contributed by atoms with Crippen molar-refractivity contribution in [3.8, 4) is 0 Å². The van der Waals surface area contributed by atoms with Crippen LogP contribution in [-0.4, -0.2) is 27.7 Å². The first-order valence-corrected chi connectivity index (χ1v) is 6.91. The summed E-state index contributed by atoms with van der Waals surface area (Å²) in [4.78, 5) is 3.77. The summed E-state index contributed by atoms with van der Waals surface area (Å²) in [5.74, 6) is 0.